The Bertz CT molecular complexity index is 1000. The Morgan fingerprint density at radius 3 is 2.47 bits per heavy atom. The van der Waals surface area contributed by atoms with Crippen LogP contribution in [-0.4, -0.2) is 35.7 Å². The van der Waals surface area contributed by atoms with Gasteiger partial charge in [-0.05, 0) is 61.6 Å². The van der Waals surface area contributed by atoms with Crippen molar-refractivity contribution in [3.05, 3.63) is 58.6 Å². The van der Waals surface area contributed by atoms with Gasteiger partial charge in [-0.1, -0.05) is 24.6 Å². The zero-order chi connectivity index (χ0) is 21.3. The molecule has 30 heavy (non-hydrogen) atoms. The molecule has 2 aliphatic rings. The molecule has 3 amide bonds. The van der Waals surface area contributed by atoms with E-state index >= 15 is 0 Å². The number of nitrogens with one attached hydrogen (secondary N) is 2. The molecule has 1 aliphatic carbocycles. The summed E-state index contributed by atoms with van der Waals surface area (Å²) in [6.07, 6.45) is 2.87. The van der Waals surface area contributed by atoms with E-state index in [2.05, 4.69) is 10.6 Å². The van der Waals surface area contributed by atoms with Gasteiger partial charge in [0, 0.05) is 35.3 Å². The van der Waals surface area contributed by atoms with Gasteiger partial charge in [-0.3, -0.25) is 14.4 Å². The topological polar surface area (TPSA) is 78.5 Å². The summed E-state index contributed by atoms with van der Waals surface area (Å²) in [6.45, 7) is 3.48. The van der Waals surface area contributed by atoms with Gasteiger partial charge in [0.15, 0.2) is 0 Å². The highest BCUT2D eigenvalue weighted by atomic mass is 35.5. The van der Waals surface area contributed by atoms with Gasteiger partial charge < -0.3 is 15.5 Å². The third-order valence-corrected chi connectivity index (χ3v) is 5.93. The summed E-state index contributed by atoms with van der Waals surface area (Å²) < 4.78 is 0. The van der Waals surface area contributed by atoms with E-state index in [-0.39, 0.29) is 23.6 Å². The number of amides is 3. The van der Waals surface area contributed by atoms with Crippen molar-refractivity contribution in [2.24, 2.45) is 11.8 Å². The second kappa shape index (κ2) is 8.48. The molecule has 2 N–H and O–H groups in total. The molecule has 2 unspecified atom stereocenters. The quantitative estimate of drug-likeness (QED) is 0.744. The van der Waals surface area contributed by atoms with Gasteiger partial charge >= 0.3 is 0 Å². The number of halogens is 1. The molecule has 4 rings (SSSR count). The van der Waals surface area contributed by atoms with E-state index in [4.69, 9.17) is 11.6 Å². The van der Waals surface area contributed by atoms with Gasteiger partial charge in [0.25, 0.3) is 11.8 Å². The number of carbonyl (C=O) groups excluding carboxylic acids is 3. The van der Waals surface area contributed by atoms with Crippen LogP contribution in [0.25, 0.3) is 0 Å². The van der Waals surface area contributed by atoms with Crippen LogP contribution in [0, 0.1) is 11.8 Å². The first-order chi connectivity index (χ1) is 14.4. The van der Waals surface area contributed by atoms with Gasteiger partial charge in [-0.15, -0.1) is 0 Å². The number of hydrogen-bond acceptors (Lipinski definition) is 3. The lowest BCUT2D eigenvalue weighted by Gasteiger charge is -2.18. The predicted molar refractivity (Wildman–Crippen MR) is 117 cm³/mol. The highest BCUT2D eigenvalue weighted by Gasteiger charge is 2.39. The lowest BCUT2D eigenvalue weighted by Crippen LogP contribution is -2.28. The molecule has 2 fully saturated rings. The maximum absolute atomic E-state index is 12.9. The summed E-state index contributed by atoms with van der Waals surface area (Å²) >= 11 is 6.12. The van der Waals surface area contributed by atoms with Crippen LogP contribution in [0.2, 0.25) is 5.02 Å². The molecule has 2 aromatic carbocycles. The zero-order valence-electron chi connectivity index (χ0n) is 16.8. The molecule has 2 aromatic rings. The predicted octanol–water partition coefficient (Wildman–Crippen LogP) is 4.42. The van der Waals surface area contributed by atoms with E-state index in [1.807, 2.05) is 6.92 Å². The maximum atomic E-state index is 12.9. The lowest BCUT2D eigenvalue weighted by molar-refractivity contribution is -0.117. The Kier molecular flexibility index (Phi) is 5.77. The standard InChI is InChI=1S/C23H24ClN3O3/c1-14-11-19(14)22(29)25-17-6-4-5-15(12-17)21(28)26-20-13-16(24)7-8-18(20)23(30)27-9-2-3-10-27/h4-8,12-14,19H,2-3,9-11H2,1H3,(H,25,29)(H,26,28). The monoisotopic (exact) mass is 425 g/mol. The molecule has 1 heterocycles. The SMILES string of the molecule is CC1CC1C(=O)Nc1cccc(C(=O)Nc2cc(Cl)ccc2C(=O)N2CCCC2)c1. The molecule has 156 valence electrons. The summed E-state index contributed by atoms with van der Waals surface area (Å²) in [5, 5.41) is 6.11. The average Bonchev–Trinajstić information content (AvgIpc) is 3.22. The number of likely N-dealkylation sites (tertiary alicyclic amines) is 1. The first-order valence-electron chi connectivity index (χ1n) is 10.2. The van der Waals surface area contributed by atoms with E-state index in [0.717, 1.165) is 32.4 Å². The van der Waals surface area contributed by atoms with E-state index in [9.17, 15) is 14.4 Å². The van der Waals surface area contributed by atoms with Gasteiger partial charge in [-0.25, -0.2) is 0 Å². The molecule has 1 saturated heterocycles. The second-order valence-corrected chi connectivity index (χ2v) is 8.47. The molecule has 0 aromatic heterocycles. The number of carbonyl (C=O) groups is 3. The number of benzene rings is 2. The lowest BCUT2D eigenvalue weighted by atomic mass is 10.1. The van der Waals surface area contributed by atoms with Gasteiger partial charge in [0.1, 0.15) is 0 Å². The molecular weight excluding hydrogens is 402 g/mol. The van der Waals surface area contributed by atoms with Crippen LogP contribution in [0.15, 0.2) is 42.5 Å². The fourth-order valence-electron chi connectivity index (χ4n) is 3.75. The third kappa shape index (κ3) is 4.49. The summed E-state index contributed by atoms with van der Waals surface area (Å²) in [5.41, 5.74) is 1.76. The Morgan fingerprint density at radius 2 is 1.77 bits per heavy atom. The molecule has 0 spiro atoms. The first-order valence-corrected chi connectivity index (χ1v) is 10.6. The van der Waals surface area contributed by atoms with Crippen LogP contribution in [0.4, 0.5) is 11.4 Å². The fourth-order valence-corrected chi connectivity index (χ4v) is 3.92. The minimum absolute atomic E-state index is 0.0200. The van der Waals surface area contributed by atoms with Crippen molar-refractivity contribution in [1.82, 2.24) is 4.90 Å². The Labute approximate surface area is 180 Å². The summed E-state index contributed by atoms with van der Waals surface area (Å²) in [6, 6.07) is 11.6. The molecule has 6 nitrogen and oxygen atoms in total. The Morgan fingerprint density at radius 1 is 1.03 bits per heavy atom. The fraction of sp³-hybridized carbons (Fsp3) is 0.348. The normalized spacial score (nSPS) is 20.0. The largest absolute Gasteiger partial charge is 0.339 e. The van der Waals surface area contributed by atoms with Gasteiger partial charge in [0.05, 0.1) is 11.3 Å². The minimum atomic E-state index is -0.372. The zero-order valence-corrected chi connectivity index (χ0v) is 17.5. The van der Waals surface area contributed by atoms with Crippen LogP contribution in [-0.2, 0) is 4.79 Å². The van der Waals surface area contributed by atoms with Crippen molar-refractivity contribution >= 4 is 40.7 Å². The van der Waals surface area contributed by atoms with Crippen LogP contribution in [0.1, 0.15) is 46.9 Å². The number of anilines is 2. The Balaban J connectivity index is 1.51. The highest BCUT2D eigenvalue weighted by Crippen LogP contribution is 2.38. The van der Waals surface area contributed by atoms with Crippen molar-refractivity contribution in [1.29, 1.82) is 0 Å². The molecule has 1 saturated carbocycles. The van der Waals surface area contributed by atoms with E-state index in [0.29, 0.717) is 33.4 Å². The maximum Gasteiger partial charge on any atom is 0.255 e. The number of nitrogens with zero attached hydrogens (tertiary/aromatic N) is 1. The smallest absolute Gasteiger partial charge is 0.255 e. The van der Waals surface area contributed by atoms with E-state index < -0.39 is 0 Å². The van der Waals surface area contributed by atoms with Crippen LogP contribution in [0.5, 0.6) is 0 Å². The van der Waals surface area contributed by atoms with Crippen LogP contribution >= 0.6 is 11.6 Å². The van der Waals surface area contributed by atoms with Crippen LogP contribution in [0.3, 0.4) is 0 Å². The molecule has 1 aliphatic heterocycles. The molecule has 7 heteroatoms. The number of hydrogen-bond donors (Lipinski definition) is 2. The first kappa shape index (κ1) is 20.4. The number of rotatable bonds is 5. The van der Waals surface area contributed by atoms with Crippen molar-refractivity contribution in [3.8, 4) is 0 Å². The average molecular weight is 426 g/mol. The summed E-state index contributed by atoms with van der Waals surface area (Å²) in [5.74, 6) is -0.0463. The second-order valence-electron chi connectivity index (χ2n) is 8.03. The minimum Gasteiger partial charge on any atom is -0.339 e. The van der Waals surface area contributed by atoms with Crippen LogP contribution < -0.4 is 10.6 Å². The van der Waals surface area contributed by atoms with E-state index in [1.165, 1.54) is 0 Å². The molecule has 2 atom stereocenters. The molecule has 0 radical (unpaired) electrons. The van der Waals surface area contributed by atoms with Crippen molar-refractivity contribution in [2.75, 3.05) is 23.7 Å². The molecule has 0 bridgehead atoms. The van der Waals surface area contributed by atoms with Gasteiger partial charge in [-0.2, -0.15) is 0 Å². The van der Waals surface area contributed by atoms with E-state index in [1.54, 1.807) is 47.4 Å². The Hall–Kier alpha value is -2.86. The van der Waals surface area contributed by atoms with Crippen molar-refractivity contribution < 1.29 is 14.4 Å². The van der Waals surface area contributed by atoms with Gasteiger partial charge in [0.2, 0.25) is 5.91 Å². The summed E-state index contributed by atoms with van der Waals surface area (Å²) in [4.78, 5) is 39.7. The van der Waals surface area contributed by atoms with Crippen molar-refractivity contribution in [3.63, 3.8) is 0 Å². The highest BCUT2D eigenvalue weighted by molar-refractivity contribution is 6.31. The van der Waals surface area contributed by atoms with Crippen molar-refractivity contribution in [2.45, 2.75) is 26.2 Å². The summed E-state index contributed by atoms with van der Waals surface area (Å²) in [7, 11) is 0. The third-order valence-electron chi connectivity index (χ3n) is 5.69. The molecular formula is C23H24ClN3O3.